The zero-order valence-electron chi connectivity index (χ0n) is 9.76. The molecule has 2 aromatic rings. The molecule has 0 radical (unpaired) electrons. The van der Waals surface area contributed by atoms with Gasteiger partial charge in [0.1, 0.15) is 5.82 Å². The van der Waals surface area contributed by atoms with Gasteiger partial charge >= 0.3 is 0 Å². The molecule has 0 saturated heterocycles. The Kier molecular flexibility index (Phi) is 3.68. The van der Waals surface area contributed by atoms with Crippen LogP contribution in [0.2, 0.25) is 0 Å². The molecular weight excluding hydrogens is 303 g/mol. The Morgan fingerprint density at radius 1 is 1.53 bits per heavy atom. The van der Waals surface area contributed by atoms with Crippen molar-refractivity contribution in [3.8, 4) is 0 Å². The highest BCUT2D eigenvalue weighted by Gasteiger charge is 2.10. The highest BCUT2D eigenvalue weighted by molar-refractivity contribution is 9.10. The van der Waals surface area contributed by atoms with E-state index >= 15 is 0 Å². The fourth-order valence-corrected chi connectivity index (χ4v) is 2.39. The summed E-state index contributed by atoms with van der Waals surface area (Å²) >= 11 is 8.48. The quantitative estimate of drug-likeness (QED) is 0.818. The van der Waals surface area contributed by atoms with Crippen LogP contribution in [0.5, 0.6) is 0 Å². The Labute approximate surface area is 113 Å². The number of benzene rings is 1. The Hall–Kier alpha value is -0.680. The number of rotatable bonds is 3. The van der Waals surface area contributed by atoms with Gasteiger partial charge in [-0.2, -0.15) is 0 Å². The number of H-pyrrole nitrogens is 1. The second-order valence-electron chi connectivity index (χ2n) is 4.34. The highest BCUT2D eigenvalue weighted by Crippen LogP contribution is 2.24. The average Bonchev–Trinajstić information content (AvgIpc) is 2.56. The van der Waals surface area contributed by atoms with E-state index in [1.54, 1.807) is 6.07 Å². The molecule has 0 aliphatic rings. The van der Waals surface area contributed by atoms with Crippen LogP contribution >= 0.6 is 28.1 Å². The van der Waals surface area contributed by atoms with Gasteiger partial charge in [0.25, 0.3) is 0 Å². The Morgan fingerprint density at radius 3 is 2.88 bits per heavy atom. The van der Waals surface area contributed by atoms with Crippen LogP contribution in [0.15, 0.2) is 16.6 Å². The summed E-state index contributed by atoms with van der Waals surface area (Å²) in [5, 5.41) is 0. The molecule has 92 valence electrons. The van der Waals surface area contributed by atoms with E-state index in [4.69, 9.17) is 12.2 Å². The molecule has 0 aliphatic heterocycles. The average molecular weight is 317 g/mol. The Morgan fingerprint density at radius 2 is 2.24 bits per heavy atom. The van der Waals surface area contributed by atoms with E-state index in [1.807, 2.05) is 4.57 Å². The second kappa shape index (κ2) is 4.90. The maximum absolute atomic E-state index is 13.4. The number of imidazole rings is 1. The Bertz CT molecular complexity index is 602. The van der Waals surface area contributed by atoms with Gasteiger partial charge in [-0.25, -0.2) is 4.39 Å². The summed E-state index contributed by atoms with van der Waals surface area (Å²) in [4.78, 5) is 3.04. The first-order valence-electron chi connectivity index (χ1n) is 5.60. The molecule has 0 aliphatic carbocycles. The van der Waals surface area contributed by atoms with E-state index in [0.717, 1.165) is 24.0 Å². The number of nitrogens with one attached hydrogen (secondary N) is 1. The van der Waals surface area contributed by atoms with Crippen molar-refractivity contribution >= 4 is 39.2 Å². The topological polar surface area (TPSA) is 20.7 Å². The molecule has 1 atom stereocenters. The minimum absolute atomic E-state index is 0.274. The third-order valence-corrected chi connectivity index (χ3v) is 3.94. The third-order valence-electron chi connectivity index (χ3n) is 3.01. The molecule has 0 amide bonds. The fourth-order valence-electron chi connectivity index (χ4n) is 1.77. The van der Waals surface area contributed by atoms with Gasteiger partial charge in [-0.15, -0.1) is 0 Å². The molecule has 0 spiro atoms. The van der Waals surface area contributed by atoms with Gasteiger partial charge in [-0.3, -0.25) is 0 Å². The van der Waals surface area contributed by atoms with Gasteiger partial charge in [0, 0.05) is 12.6 Å². The lowest BCUT2D eigenvalue weighted by atomic mass is 10.1. The standard InChI is InChI=1S/C12H14BrFN2S/c1-3-7(2)6-16-11-4-8(13)9(14)5-10(11)15-12(16)17/h4-5,7H,3,6H2,1-2H3,(H,15,17). The van der Waals surface area contributed by atoms with Crippen molar-refractivity contribution in [1.82, 2.24) is 9.55 Å². The molecule has 1 unspecified atom stereocenters. The highest BCUT2D eigenvalue weighted by atomic mass is 79.9. The van der Waals surface area contributed by atoms with Crippen LogP contribution in [0.4, 0.5) is 4.39 Å². The van der Waals surface area contributed by atoms with Crippen molar-refractivity contribution in [1.29, 1.82) is 0 Å². The zero-order valence-corrected chi connectivity index (χ0v) is 12.2. The van der Waals surface area contributed by atoms with Crippen molar-refractivity contribution in [3.05, 3.63) is 27.2 Å². The summed E-state index contributed by atoms with van der Waals surface area (Å²) in [6, 6.07) is 3.25. The normalized spacial score (nSPS) is 13.2. The molecule has 17 heavy (non-hydrogen) atoms. The first-order chi connectivity index (χ1) is 8.02. The van der Waals surface area contributed by atoms with Gasteiger partial charge in [0.15, 0.2) is 4.77 Å². The summed E-state index contributed by atoms with van der Waals surface area (Å²) < 4.78 is 16.6. The summed E-state index contributed by atoms with van der Waals surface area (Å²) in [6.07, 6.45) is 1.09. The number of aromatic amines is 1. The molecule has 2 nitrogen and oxygen atoms in total. The maximum Gasteiger partial charge on any atom is 0.178 e. The van der Waals surface area contributed by atoms with E-state index in [-0.39, 0.29) is 5.82 Å². The minimum Gasteiger partial charge on any atom is -0.330 e. The molecule has 0 bridgehead atoms. The van der Waals surface area contributed by atoms with Gasteiger partial charge in [-0.05, 0) is 40.1 Å². The monoisotopic (exact) mass is 316 g/mol. The lowest BCUT2D eigenvalue weighted by Crippen LogP contribution is -2.06. The Balaban J connectivity index is 2.58. The number of hydrogen-bond donors (Lipinski definition) is 1. The summed E-state index contributed by atoms with van der Waals surface area (Å²) in [5.41, 5.74) is 1.70. The van der Waals surface area contributed by atoms with Gasteiger partial charge in [0.2, 0.25) is 0 Å². The van der Waals surface area contributed by atoms with Crippen LogP contribution in [0.25, 0.3) is 11.0 Å². The van der Waals surface area contributed by atoms with Crippen LogP contribution in [-0.2, 0) is 6.54 Å². The van der Waals surface area contributed by atoms with E-state index in [2.05, 4.69) is 34.8 Å². The number of nitrogens with zero attached hydrogens (tertiary/aromatic N) is 1. The molecule has 5 heteroatoms. The van der Waals surface area contributed by atoms with Crippen molar-refractivity contribution in [2.24, 2.45) is 5.92 Å². The van der Waals surface area contributed by atoms with E-state index < -0.39 is 0 Å². The van der Waals surface area contributed by atoms with Crippen molar-refractivity contribution in [3.63, 3.8) is 0 Å². The number of halogens is 2. The van der Waals surface area contributed by atoms with Crippen LogP contribution in [0, 0.1) is 16.5 Å². The molecular formula is C12H14BrFN2S. The van der Waals surface area contributed by atoms with Crippen LogP contribution < -0.4 is 0 Å². The predicted molar refractivity (Wildman–Crippen MR) is 74.2 cm³/mol. The van der Waals surface area contributed by atoms with Crippen molar-refractivity contribution in [2.45, 2.75) is 26.8 Å². The first kappa shape index (κ1) is 12.8. The molecule has 1 aromatic heterocycles. The molecule has 0 saturated carbocycles. The number of fused-ring (bicyclic) bond motifs is 1. The summed E-state index contributed by atoms with van der Waals surface area (Å²) in [6.45, 7) is 5.19. The molecule has 1 N–H and O–H groups in total. The summed E-state index contributed by atoms with van der Waals surface area (Å²) in [7, 11) is 0. The van der Waals surface area contributed by atoms with Crippen molar-refractivity contribution in [2.75, 3.05) is 0 Å². The van der Waals surface area contributed by atoms with E-state index in [9.17, 15) is 4.39 Å². The molecule has 1 heterocycles. The smallest absolute Gasteiger partial charge is 0.178 e. The number of aromatic nitrogens is 2. The lowest BCUT2D eigenvalue weighted by Gasteiger charge is -2.10. The maximum atomic E-state index is 13.4. The van der Waals surface area contributed by atoms with Gasteiger partial charge < -0.3 is 9.55 Å². The fraction of sp³-hybridized carbons (Fsp3) is 0.417. The van der Waals surface area contributed by atoms with Crippen LogP contribution in [0.1, 0.15) is 20.3 Å². The summed E-state index contributed by atoms with van der Waals surface area (Å²) in [5.74, 6) is 0.272. The van der Waals surface area contributed by atoms with Gasteiger partial charge in [0.05, 0.1) is 15.5 Å². The van der Waals surface area contributed by atoms with Gasteiger partial charge in [-0.1, -0.05) is 20.3 Å². The van der Waals surface area contributed by atoms with Crippen LogP contribution in [-0.4, -0.2) is 9.55 Å². The lowest BCUT2D eigenvalue weighted by molar-refractivity contribution is 0.473. The molecule has 0 fully saturated rings. The molecule has 2 rings (SSSR count). The largest absolute Gasteiger partial charge is 0.330 e. The molecule has 1 aromatic carbocycles. The minimum atomic E-state index is -0.274. The van der Waals surface area contributed by atoms with E-state index in [1.165, 1.54) is 6.07 Å². The SMILES string of the molecule is CCC(C)Cn1c(=S)[nH]c2cc(F)c(Br)cc21. The predicted octanol–water partition coefficient (Wildman–Crippen LogP) is 4.65. The number of hydrogen-bond acceptors (Lipinski definition) is 1. The third kappa shape index (κ3) is 2.45. The first-order valence-corrected chi connectivity index (χ1v) is 6.80. The van der Waals surface area contributed by atoms with Crippen LogP contribution in [0.3, 0.4) is 0 Å². The van der Waals surface area contributed by atoms with Crippen molar-refractivity contribution < 1.29 is 4.39 Å². The zero-order chi connectivity index (χ0) is 12.6. The second-order valence-corrected chi connectivity index (χ2v) is 5.58. The van der Waals surface area contributed by atoms with E-state index in [0.29, 0.717) is 15.2 Å².